The van der Waals surface area contributed by atoms with Gasteiger partial charge in [0.25, 0.3) is 5.56 Å². The van der Waals surface area contributed by atoms with E-state index in [9.17, 15) is 9.59 Å². The average Bonchev–Trinajstić information content (AvgIpc) is 2.70. The zero-order valence-corrected chi connectivity index (χ0v) is 10.5. The molecule has 0 aliphatic carbocycles. The van der Waals surface area contributed by atoms with Crippen molar-refractivity contribution < 1.29 is 4.74 Å². The Hall–Kier alpha value is -1.80. The fraction of sp³-hybridized carbons (Fsp3) is 0.538. The van der Waals surface area contributed by atoms with Gasteiger partial charge in [0.05, 0.1) is 6.10 Å². The molecule has 1 aliphatic heterocycles. The molecular formula is C13H16N2O3. The predicted molar refractivity (Wildman–Crippen MR) is 67.2 cm³/mol. The van der Waals surface area contributed by atoms with Crippen molar-refractivity contribution in [2.75, 3.05) is 0 Å². The molecule has 0 bridgehead atoms. The average molecular weight is 248 g/mol. The molecule has 1 aromatic heterocycles. The fourth-order valence-corrected chi connectivity index (χ4v) is 2.34. The third-order valence-electron chi connectivity index (χ3n) is 3.38. The second-order valence-corrected chi connectivity index (χ2v) is 4.60. The normalized spacial score (nSPS) is 27.1. The Balaban J connectivity index is 2.39. The van der Waals surface area contributed by atoms with E-state index < -0.39 is 11.2 Å². The Bertz CT molecular complexity index is 593. The molecule has 1 fully saturated rings. The molecule has 1 aliphatic rings. The number of nitrogens with zero attached hydrogens (tertiary/aromatic N) is 1. The molecule has 1 saturated heterocycles. The monoisotopic (exact) mass is 248 g/mol. The number of H-pyrrole nitrogens is 1. The van der Waals surface area contributed by atoms with Gasteiger partial charge in [0, 0.05) is 6.20 Å². The molecule has 2 rings (SSSR count). The number of hydrogen-bond acceptors (Lipinski definition) is 3. The zero-order chi connectivity index (χ0) is 13.3. The number of nitrogens with one attached hydrogen (secondary N) is 1. The quantitative estimate of drug-likeness (QED) is 0.789. The molecule has 96 valence electrons. The lowest BCUT2D eigenvalue weighted by Gasteiger charge is -2.15. The Kier molecular flexibility index (Phi) is 3.39. The second kappa shape index (κ2) is 4.83. The summed E-state index contributed by atoms with van der Waals surface area (Å²) in [6, 6.07) is 0. The van der Waals surface area contributed by atoms with E-state index in [1.807, 2.05) is 6.92 Å². The van der Waals surface area contributed by atoms with Gasteiger partial charge in [0.15, 0.2) is 0 Å². The number of aromatic amines is 1. The van der Waals surface area contributed by atoms with Crippen molar-refractivity contribution in [3.63, 3.8) is 0 Å². The summed E-state index contributed by atoms with van der Waals surface area (Å²) in [4.78, 5) is 25.3. The third kappa shape index (κ3) is 2.12. The SMILES string of the molecule is C#Cc1cn([C@H]2CC(C)[C@@H](CC)O2)c(=O)[nH]c1=O. The highest BCUT2D eigenvalue weighted by Gasteiger charge is 2.32. The Morgan fingerprint density at radius 3 is 2.89 bits per heavy atom. The summed E-state index contributed by atoms with van der Waals surface area (Å²) in [5.41, 5.74) is -0.865. The van der Waals surface area contributed by atoms with Gasteiger partial charge >= 0.3 is 5.69 Å². The number of hydrogen-bond donors (Lipinski definition) is 1. The maximum Gasteiger partial charge on any atom is 0.330 e. The van der Waals surface area contributed by atoms with Gasteiger partial charge in [-0.2, -0.15) is 0 Å². The minimum absolute atomic E-state index is 0.142. The van der Waals surface area contributed by atoms with Crippen LogP contribution in [-0.2, 0) is 4.74 Å². The minimum Gasteiger partial charge on any atom is -0.354 e. The first-order chi connectivity index (χ1) is 8.56. The predicted octanol–water partition coefficient (Wildman–Crippen LogP) is 0.851. The molecule has 5 nitrogen and oxygen atoms in total. The molecule has 1 aromatic rings. The van der Waals surface area contributed by atoms with Gasteiger partial charge in [-0.05, 0) is 18.8 Å². The van der Waals surface area contributed by atoms with Crippen LogP contribution in [0.15, 0.2) is 15.8 Å². The van der Waals surface area contributed by atoms with Gasteiger partial charge in [-0.1, -0.05) is 19.8 Å². The standard InChI is InChI=1S/C13H16N2O3/c1-4-9-7-15(13(17)14-12(9)16)11-6-8(3)10(5-2)18-11/h1,7-8,10-11H,5-6H2,2-3H3,(H,14,16,17)/t8?,10-,11-/m1/s1. The lowest BCUT2D eigenvalue weighted by atomic mass is 10.0. The molecule has 1 N–H and O–H groups in total. The summed E-state index contributed by atoms with van der Waals surface area (Å²) >= 11 is 0. The molecule has 0 amide bonds. The van der Waals surface area contributed by atoms with E-state index in [4.69, 9.17) is 11.2 Å². The highest BCUT2D eigenvalue weighted by Crippen LogP contribution is 2.33. The van der Waals surface area contributed by atoms with Crippen molar-refractivity contribution >= 4 is 0 Å². The summed E-state index contributed by atoms with van der Waals surface area (Å²) in [7, 11) is 0. The summed E-state index contributed by atoms with van der Waals surface area (Å²) in [5.74, 6) is 2.65. The van der Waals surface area contributed by atoms with Crippen LogP contribution in [0.1, 0.15) is 38.5 Å². The lowest BCUT2D eigenvalue weighted by Crippen LogP contribution is -2.33. The van der Waals surface area contributed by atoms with Crippen LogP contribution >= 0.6 is 0 Å². The number of aromatic nitrogens is 2. The van der Waals surface area contributed by atoms with Crippen molar-refractivity contribution in [1.82, 2.24) is 9.55 Å². The second-order valence-electron chi connectivity index (χ2n) is 4.60. The minimum atomic E-state index is -0.531. The molecule has 0 saturated carbocycles. The van der Waals surface area contributed by atoms with E-state index in [2.05, 4.69) is 17.8 Å². The van der Waals surface area contributed by atoms with Crippen molar-refractivity contribution in [3.05, 3.63) is 32.6 Å². The van der Waals surface area contributed by atoms with Crippen molar-refractivity contribution in [3.8, 4) is 12.3 Å². The molecule has 0 spiro atoms. The van der Waals surface area contributed by atoms with Gasteiger partial charge in [-0.3, -0.25) is 14.3 Å². The molecule has 18 heavy (non-hydrogen) atoms. The van der Waals surface area contributed by atoms with E-state index in [1.165, 1.54) is 10.8 Å². The van der Waals surface area contributed by atoms with Crippen LogP contribution in [0.4, 0.5) is 0 Å². The molecule has 0 radical (unpaired) electrons. The highest BCUT2D eigenvalue weighted by atomic mass is 16.5. The summed E-state index contributed by atoms with van der Waals surface area (Å²) in [6.07, 6.45) is 8.06. The maximum atomic E-state index is 11.8. The van der Waals surface area contributed by atoms with Crippen LogP contribution in [0.2, 0.25) is 0 Å². The van der Waals surface area contributed by atoms with Crippen molar-refractivity contribution in [2.45, 2.75) is 39.0 Å². The van der Waals surface area contributed by atoms with Gasteiger partial charge < -0.3 is 4.74 Å². The Morgan fingerprint density at radius 1 is 1.61 bits per heavy atom. The van der Waals surface area contributed by atoms with Gasteiger partial charge in [-0.15, -0.1) is 6.42 Å². The van der Waals surface area contributed by atoms with Crippen molar-refractivity contribution in [1.29, 1.82) is 0 Å². The Morgan fingerprint density at radius 2 is 2.33 bits per heavy atom. The first kappa shape index (κ1) is 12.7. The van der Waals surface area contributed by atoms with Gasteiger partial charge in [0.1, 0.15) is 11.8 Å². The maximum absolute atomic E-state index is 11.8. The fourth-order valence-electron chi connectivity index (χ4n) is 2.34. The van der Waals surface area contributed by atoms with Gasteiger partial charge in [0.2, 0.25) is 0 Å². The van der Waals surface area contributed by atoms with Crippen LogP contribution < -0.4 is 11.2 Å². The largest absolute Gasteiger partial charge is 0.354 e. The van der Waals surface area contributed by atoms with E-state index in [-0.39, 0.29) is 17.9 Å². The Labute approximate surface area is 105 Å². The summed E-state index contributed by atoms with van der Waals surface area (Å²) in [6.45, 7) is 4.14. The smallest absolute Gasteiger partial charge is 0.330 e. The van der Waals surface area contributed by atoms with Crippen molar-refractivity contribution in [2.24, 2.45) is 5.92 Å². The number of rotatable bonds is 2. The lowest BCUT2D eigenvalue weighted by molar-refractivity contribution is -0.00762. The van der Waals surface area contributed by atoms with Crippen LogP contribution in [0.3, 0.4) is 0 Å². The van der Waals surface area contributed by atoms with E-state index >= 15 is 0 Å². The molecule has 3 atom stereocenters. The van der Waals surface area contributed by atoms with Gasteiger partial charge in [-0.25, -0.2) is 4.79 Å². The highest BCUT2D eigenvalue weighted by molar-refractivity contribution is 5.26. The van der Waals surface area contributed by atoms with Crippen LogP contribution in [-0.4, -0.2) is 15.7 Å². The first-order valence-electron chi connectivity index (χ1n) is 6.04. The van der Waals surface area contributed by atoms with Crippen LogP contribution in [0.25, 0.3) is 0 Å². The van der Waals surface area contributed by atoms with Crippen LogP contribution in [0.5, 0.6) is 0 Å². The van der Waals surface area contributed by atoms with Crippen LogP contribution in [0, 0.1) is 18.3 Å². The molecule has 2 heterocycles. The van der Waals surface area contributed by atoms with E-state index in [0.29, 0.717) is 5.92 Å². The first-order valence-corrected chi connectivity index (χ1v) is 6.04. The van der Waals surface area contributed by atoms with E-state index in [0.717, 1.165) is 12.8 Å². The summed E-state index contributed by atoms with van der Waals surface area (Å²) in [5, 5.41) is 0. The zero-order valence-electron chi connectivity index (χ0n) is 10.5. The molecule has 5 heteroatoms. The van der Waals surface area contributed by atoms with E-state index in [1.54, 1.807) is 0 Å². The molecule has 1 unspecified atom stereocenters. The number of ether oxygens (including phenoxy) is 1. The summed E-state index contributed by atoms with van der Waals surface area (Å²) < 4.78 is 7.18. The topological polar surface area (TPSA) is 64.1 Å². The molecular weight excluding hydrogens is 232 g/mol. The number of terminal acetylenes is 1. The molecule has 0 aromatic carbocycles. The third-order valence-corrected chi connectivity index (χ3v) is 3.38.